The third-order valence-corrected chi connectivity index (χ3v) is 5.60. The standard InChI is InChI=1S/C26H38F4/c1-15(2)11-12-17(5)21(9)25(29)26(30)22(10)19(7)14-13-18(6)20(8)24(28)23(27)16(3)4/h15,17-19H,3,8-14H2,1-2,4-7H3/b24-23-,26-25-. The number of allylic oxidation sites excluding steroid dienone is 8. The molecule has 3 atom stereocenters. The lowest BCUT2D eigenvalue weighted by molar-refractivity contribution is 0.451. The van der Waals surface area contributed by atoms with Crippen LogP contribution in [0, 0.1) is 23.7 Å². The lowest BCUT2D eigenvalue weighted by Crippen LogP contribution is -2.08. The maximum Gasteiger partial charge on any atom is 0.161 e. The monoisotopic (exact) mass is 426 g/mol. The first kappa shape index (κ1) is 28.2. The first-order chi connectivity index (χ1) is 13.7. The highest BCUT2D eigenvalue weighted by atomic mass is 19.2. The molecule has 0 spiro atoms. The van der Waals surface area contributed by atoms with E-state index in [2.05, 4.69) is 40.2 Å². The molecule has 0 N–H and O–H groups in total. The van der Waals surface area contributed by atoms with E-state index in [4.69, 9.17) is 0 Å². The number of hydrogen-bond acceptors (Lipinski definition) is 0. The maximum atomic E-state index is 14.7. The van der Waals surface area contributed by atoms with Crippen molar-refractivity contribution in [3.63, 3.8) is 0 Å². The summed E-state index contributed by atoms with van der Waals surface area (Å²) in [4.78, 5) is 0. The minimum atomic E-state index is -1.01. The van der Waals surface area contributed by atoms with Gasteiger partial charge in [0.15, 0.2) is 23.3 Å². The van der Waals surface area contributed by atoms with Crippen molar-refractivity contribution in [2.75, 3.05) is 0 Å². The molecule has 0 aliphatic heterocycles. The fourth-order valence-corrected chi connectivity index (χ4v) is 2.87. The molecule has 0 radical (unpaired) electrons. The first-order valence-electron chi connectivity index (χ1n) is 10.6. The highest BCUT2D eigenvalue weighted by Crippen LogP contribution is 2.35. The van der Waals surface area contributed by atoms with Crippen molar-refractivity contribution >= 4 is 0 Å². The smallest absolute Gasteiger partial charge is 0.161 e. The van der Waals surface area contributed by atoms with Crippen LogP contribution < -0.4 is 0 Å². The van der Waals surface area contributed by atoms with Gasteiger partial charge in [-0.3, -0.25) is 0 Å². The number of hydrogen-bond donors (Lipinski definition) is 0. The van der Waals surface area contributed by atoms with Crippen LogP contribution in [0.2, 0.25) is 0 Å². The van der Waals surface area contributed by atoms with Crippen molar-refractivity contribution in [2.24, 2.45) is 23.7 Å². The summed E-state index contributed by atoms with van der Waals surface area (Å²) in [5, 5.41) is 0. The molecule has 0 fully saturated rings. The van der Waals surface area contributed by atoms with Gasteiger partial charge in [0.05, 0.1) is 0 Å². The zero-order chi connectivity index (χ0) is 23.8. The Morgan fingerprint density at radius 2 is 0.800 bits per heavy atom. The van der Waals surface area contributed by atoms with Gasteiger partial charge in [-0.05, 0) is 72.2 Å². The molecule has 0 rings (SSSR count). The third-order valence-electron chi connectivity index (χ3n) is 5.60. The summed E-state index contributed by atoms with van der Waals surface area (Å²) in [6.45, 7) is 25.3. The van der Waals surface area contributed by atoms with Crippen molar-refractivity contribution in [1.82, 2.24) is 0 Å². The summed E-state index contributed by atoms with van der Waals surface area (Å²) >= 11 is 0. The van der Waals surface area contributed by atoms with E-state index in [1.165, 1.54) is 6.92 Å². The van der Waals surface area contributed by atoms with Crippen LogP contribution in [0.25, 0.3) is 0 Å². The van der Waals surface area contributed by atoms with Crippen LogP contribution in [0.3, 0.4) is 0 Å². The molecule has 0 aliphatic rings. The molecule has 0 amide bonds. The summed E-state index contributed by atoms with van der Waals surface area (Å²) < 4.78 is 57.1. The lowest BCUT2D eigenvalue weighted by Gasteiger charge is -2.20. The molecule has 170 valence electrons. The van der Waals surface area contributed by atoms with Crippen molar-refractivity contribution in [3.8, 4) is 0 Å². The molecule has 0 saturated heterocycles. The predicted molar refractivity (Wildman–Crippen MR) is 122 cm³/mol. The Morgan fingerprint density at radius 1 is 0.533 bits per heavy atom. The molecule has 0 aliphatic carbocycles. The molecule has 0 bridgehead atoms. The van der Waals surface area contributed by atoms with Gasteiger partial charge in [0.25, 0.3) is 0 Å². The molecule has 3 unspecified atom stereocenters. The second kappa shape index (κ2) is 12.8. The third kappa shape index (κ3) is 8.49. The normalized spacial score (nSPS) is 16.4. The molecule has 30 heavy (non-hydrogen) atoms. The average molecular weight is 427 g/mol. The zero-order valence-corrected chi connectivity index (χ0v) is 19.5. The number of rotatable bonds is 13. The van der Waals surface area contributed by atoms with Crippen LogP contribution in [-0.4, -0.2) is 0 Å². The molecule has 0 heterocycles. The summed E-state index contributed by atoms with van der Waals surface area (Å²) in [6.07, 6.45) is 2.50. The van der Waals surface area contributed by atoms with E-state index in [1.807, 2.05) is 6.92 Å². The van der Waals surface area contributed by atoms with Crippen molar-refractivity contribution in [2.45, 2.75) is 67.2 Å². The lowest BCUT2D eigenvalue weighted by atomic mass is 9.87. The minimum absolute atomic E-state index is 0.00636. The summed E-state index contributed by atoms with van der Waals surface area (Å²) in [5.74, 6) is -4.37. The Bertz CT molecular complexity index is 721. The van der Waals surface area contributed by atoms with E-state index >= 15 is 0 Å². The maximum absolute atomic E-state index is 14.7. The Kier molecular flexibility index (Phi) is 12.0. The molecule has 0 aromatic rings. The zero-order valence-electron chi connectivity index (χ0n) is 19.5. The van der Waals surface area contributed by atoms with Crippen molar-refractivity contribution in [3.05, 3.63) is 71.9 Å². The van der Waals surface area contributed by atoms with Crippen LogP contribution in [0.5, 0.6) is 0 Å². The minimum Gasteiger partial charge on any atom is -0.203 e. The van der Waals surface area contributed by atoms with Crippen LogP contribution in [0.1, 0.15) is 67.2 Å². The molecule has 0 aromatic carbocycles. The topological polar surface area (TPSA) is 0 Å². The highest BCUT2D eigenvalue weighted by molar-refractivity contribution is 5.37. The average Bonchev–Trinajstić information content (AvgIpc) is 2.71. The van der Waals surface area contributed by atoms with Gasteiger partial charge >= 0.3 is 0 Å². The second-order valence-electron chi connectivity index (χ2n) is 8.86. The fourth-order valence-electron chi connectivity index (χ4n) is 2.87. The van der Waals surface area contributed by atoms with Gasteiger partial charge in [0, 0.05) is 0 Å². The van der Waals surface area contributed by atoms with Crippen LogP contribution in [-0.2, 0) is 0 Å². The SMILES string of the molecule is C=C(C)/C(F)=C(/F)C(=C)C(C)CCC(C)C(=C)/C(F)=C(/F)C(=C)C(C)CCC(C)C. The van der Waals surface area contributed by atoms with Gasteiger partial charge in [-0.1, -0.05) is 67.4 Å². The Hall–Kier alpha value is -1.84. The van der Waals surface area contributed by atoms with E-state index in [-0.39, 0.29) is 40.0 Å². The van der Waals surface area contributed by atoms with Crippen molar-refractivity contribution < 1.29 is 17.6 Å². The molecule has 4 heteroatoms. The van der Waals surface area contributed by atoms with Gasteiger partial charge < -0.3 is 0 Å². The fraction of sp³-hybridized carbons (Fsp3) is 0.538. The summed E-state index contributed by atoms with van der Waals surface area (Å²) in [5.41, 5.74) is 0.216. The molecule has 0 aromatic heterocycles. The largest absolute Gasteiger partial charge is 0.203 e. The first-order valence-corrected chi connectivity index (χ1v) is 10.6. The summed E-state index contributed by atoms with van der Waals surface area (Å²) in [6, 6.07) is 0. The summed E-state index contributed by atoms with van der Waals surface area (Å²) in [7, 11) is 0. The van der Waals surface area contributed by atoms with E-state index in [9.17, 15) is 17.6 Å². The predicted octanol–water partition coefficient (Wildman–Crippen LogP) is 9.66. The van der Waals surface area contributed by atoms with E-state index < -0.39 is 23.3 Å². The van der Waals surface area contributed by atoms with E-state index in [0.717, 1.165) is 12.8 Å². The number of halogens is 4. The second-order valence-corrected chi connectivity index (χ2v) is 8.86. The molecule has 0 nitrogen and oxygen atoms in total. The van der Waals surface area contributed by atoms with Crippen molar-refractivity contribution in [1.29, 1.82) is 0 Å². The van der Waals surface area contributed by atoms with E-state index in [1.54, 1.807) is 13.8 Å². The highest BCUT2D eigenvalue weighted by Gasteiger charge is 2.22. The van der Waals surface area contributed by atoms with Gasteiger partial charge in [-0.2, -0.15) is 0 Å². The van der Waals surface area contributed by atoms with Crippen LogP contribution >= 0.6 is 0 Å². The van der Waals surface area contributed by atoms with Gasteiger partial charge in [0.1, 0.15) is 0 Å². The van der Waals surface area contributed by atoms with Gasteiger partial charge in [-0.25, -0.2) is 17.6 Å². The van der Waals surface area contributed by atoms with Crippen LogP contribution in [0.4, 0.5) is 17.6 Å². The Morgan fingerprint density at radius 3 is 1.07 bits per heavy atom. The molecular weight excluding hydrogens is 388 g/mol. The quantitative estimate of drug-likeness (QED) is 0.203. The molecule has 0 saturated carbocycles. The Balaban J connectivity index is 5.06. The van der Waals surface area contributed by atoms with Gasteiger partial charge in [0.2, 0.25) is 0 Å². The van der Waals surface area contributed by atoms with Gasteiger partial charge in [-0.15, -0.1) is 0 Å². The molecular formula is C26H38F4. The van der Waals surface area contributed by atoms with E-state index in [0.29, 0.717) is 18.8 Å². The Labute approximate surface area is 180 Å². The van der Waals surface area contributed by atoms with Crippen LogP contribution in [0.15, 0.2) is 71.9 Å².